The second-order valence-electron chi connectivity index (χ2n) is 2.55. The number of hydrogen-bond donors (Lipinski definition) is 3. The van der Waals surface area contributed by atoms with Crippen LogP contribution in [0.25, 0.3) is 0 Å². The molecule has 0 aliphatic rings. The van der Waals surface area contributed by atoms with E-state index in [1.807, 2.05) is 0 Å². The molecule has 0 fully saturated rings. The lowest BCUT2D eigenvalue weighted by Gasteiger charge is -2.02. The number of rotatable bonds is 3. The van der Waals surface area contributed by atoms with E-state index in [0.29, 0.717) is 24.3 Å². The van der Waals surface area contributed by atoms with Gasteiger partial charge in [-0.3, -0.25) is 9.78 Å². The van der Waals surface area contributed by atoms with Crippen molar-refractivity contribution in [2.75, 3.05) is 18.8 Å². The van der Waals surface area contributed by atoms with Crippen LogP contribution in [0.3, 0.4) is 0 Å². The fourth-order valence-corrected chi connectivity index (χ4v) is 0.870. The first-order valence-corrected chi connectivity index (χ1v) is 3.93. The number of carbonyl (C=O) groups excluding carboxylic acids is 1. The first-order valence-electron chi connectivity index (χ1n) is 3.93. The Bertz CT molecular complexity index is 300. The van der Waals surface area contributed by atoms with E-state index >= 15 is 0 Å². The quantitative estimate of drug-likeness (QED) is 0.576. The highest BCUT2D eigenvalue weighted by Gasteiger charge is 2.03. The average Bonchev–Trinajstić information content (AvgIpc) is 2.14. The van der Waals surface area contributed by atoms with Crippen LogP contribution in [0.4, 0.5) is 5.69 Å². The van der Waals surface area contributed by atoms with Crippen molar-refractivity contribution < 1.29 is 4.79 Å². The van der Waals surface area contributed by atoms with Crippen molar-refractivity contribution in [3.05, 3.63) is 24.0 Å². The molecule has 5 nitrogen and oxygen atoms in total. The van der Waals surface area contributed by atoms with Crippen LogP contribution < -0.4 is 16.8 Å². The number of amides is 1. The molecule has 0 atom stereocenters. The summed E-state index contributed by atoms with van der Waals surface area (Å²) < 4.78 is 0. The Kier molecular flexibility index (Phi) is 3.22. The third-order valence-corrected chi connectivity index (χ3v) is 1.45. The highest BCUT2D eigenvalue weighted by molar-refractivity contribution is 5.94. The van der Waals surface area contributed by atoms with Crippen LogP contribution in [0.15, 0.2) is 18.5 Å². The van der Waals surface area contributed by atoms with Gasteiger partial charge in [-0.1, -0.05) is 0 Å². The molecule has 0 radical (unpaired) electrons. The number of anilines is 1. The zero-order valence-corrected chi connectivity index (χ0v) is 7.16. The molecular formula is C8H12N4O. The van der Waals surface area contributed by atoms with E-state index in [0.717, 1.165) is 0 Å². The van der Waals surface area contributed by atoms with Crippen molar-refractivity contribution in [3.63, 3.8) is 0 Å². The smallest absolute Gasteiger partial charge is 0.252 e. The van der Waals surface area contributed by atoms with Gasteiger partial charge in [0.25, 0.3) is 5.91 Å². The standard InChI is InChI=1S/C8H12N4O/c9-1-2-12-8(13)6-3-7(10)5-11-4-6/h3-5H,1-2,9-10H2,(H,12,13). The molecule has 5 heteroatoms. The summed E-state index contributed by atoms with van der Waals surface area (Å²) in [6, 6.07) is 1.57. The van der Waals surface area contributed by atoms with E-state index in [4.69, 9.17) is 11.5 Å². The fourth-order valence-electron chi connectivity index (χ4n) is 0.870. The van der Waals surface area contributed by atoms with Crippen molar-refractivity contribution in [2.24, 2.45) is 5.73 Å². The third-order valence-electron chi connectivity index (χ3n) is 1.45. The van der Waals surface area contributed by atoms with E-state index in [1.165, 1.54) is 12.4 Å². The van der Waals surface area contributed by atoms with Crippen molar-refractivity contribution in [2.45, 2.75) is 0 Å². The number of hydrogen-bond acceptors (Lipinski definition) is 4. The molecule has 0 saturated heterocycles. The number of nitrogens with zero attached hydrogens (tertiary/aromatic N) is 1. The van der Waals surface area contributed by atoms with Gasteiger partial charge in [-0.15, -0.1) is 0 Å². The van der Waals surface area contributed by atoms with Crippen LogP contribution in [0.1, 0.15) is 10.4 Å². The molecule has 0 aliphatic heterocycles. The summed E-state index contributed by atoms with van der Waals surface area (Å²) in [4.78, 5) is 15.1. The summed E-state index contributed by atoms with van der Waals surface area (Å²) in [7, 11) is 0. The highest BCUT2D eigenvalue weighted by Crippen LogP contribution is 2.02. The molecule has 1 amide bonds. The first kappa shape index (κ1) is 9.47. The van der Waals surface area contributed by atoms with Gasteiger partial charge in [0.2, 0.25) is 0 Å². The Morgan fingerprint density at radius 1 is 1.54 bits per heavy atom. The number of carbonyl (C=O) groups is 1. The Labute approximate surface area is 76.1 Å². The summed E-state index contributed by atoms with van der Waals surface area (Å²) in [6.45, 7) is 0.870. The predicted molar refractivity (Wildman–Crippen MR) is 50.0 cm³/mol. The van der Waals surface area contributed by atoms with E-state index in [-0.39, 0.29) is 5.91 Å². The van der Waals surface area contributed by atoms with Crippen LogP contribution in [-0.2, 0) is 0 Å². The number of aromatic nitrogens is 1. The highest BCUT2D eigenvalue weighted by atomic mass is 16.1. The van der Waals surface area contributed by atoms with Gasteiger partial charge in [-0.25, -0.2) is 0 Å². The average molecular weight is 180 g/mol. The normalized spacial score (nSPS) is 9.62. The van der Waals surface area contributed by atoms with E-state index in [9.17, 15) is 4.79 Å². The van der Waals surface area contributed by atoms with Gasteiger partial charge in [-0.2, -0.15) is 0 Å². The van der Waals surface area contributed by atoms with Gasteiger partial charge >= 0.3 is 0 Å². The van der Waals surface area contributed by atoms with Crippen molar-refractivity contribution in [1.82, 2.24) is 10.3 Å². The molecule has 0 spiro atoms. The molecule has 1 aromatic heterocycles. The minimum Gasteiger partial charge on any atom is -0.397 e. The predicted octanol–water partition coefficient (Wildman–Crippen LogP) is -0.648. The Morgan fingerprint density at radius 2 is 2.31 bits per heavy atom. The van der Waals surface area contributed by atoms with Crippen molar-refractivity contribution in [1.29, 1.82) is 0 Å². The maximum Gasteiger partial charge on any atom is 0.252 e. The lowest BCUT2D eigenvalue weighted by Crippen LogP contribution is -2.29. The molecule has 1 rings (SSSR count). The molecule has 0 unspecified atom stereocenters. The minimum atomic E-state index is -0.203. The van der Waals surface area contributed by atoms with Crippen molar-refractivity contribution >= 4 is 11.6 Å². The number of nitrogen functional groups attached to an aromatic ring is 1. The summed E-state index contributed by atoms with van der Waals surface area (Å²) >= 11 is 0. The molecule has 70 valence electrons. The van der Waals surface area contributed by atoms with E-state index in [2.05, 4.69) is 10.3 Å². The zero-order chi connectivity index (χ0) is 9.68. The largest absolute Gasteiger partial charge is 0.397 e. The van der Waals surface area contributed by atoms with E-state index < -0.39 is 0 Å². The molecule has 1 heterocycles. The summed E-state index contributed by atoms with van der Waals surface area (Å²) in [5.41, 5.74) is 11.6. The van der Waals surface area contributed by atoms with Crippen LogP contribution in [0.2, 0.25) is 0 Å². The lowest BCUT2D eigenvalue weighted by molar-refractivity contribution is 0.0954. The Hall–Kier alpha value is -1.62. The molecule has 13 heavy (non-hydrogen) atoms. The molecule has 0 saturated carbocycles. The molecule has 0 aromatic carbocycles. The lowest BCUT2D eigenvalue weighted by atomic mass is 10.2. The molecule has 1 aromatic rings. The van der Waals surface area contributed by atoms with Gasteiger partial charge in [-0.05, 0) is 6.07 Å². The number of nitrogens with one attached hydrogen (secondary N) is 1. The summed E-state index contributed by atoms with van der Waals surface area (Å²) in [5.74, 6) is -0.203. The minimum absolute atomic E-state index is 0.203. The second kappa shape index (κ2) is 4.42. The zero-order valence-electron chi connectivity index (χ0n) is 7.16. The van der Waals surface area contributed by atoms with Gasteiger partial charge < -0.3 is 16.8 Å². The van der Waals surface area contributed by atoms with Crippen LogP contribution in [0, 0.1) is 0 Å². The fraction of sp³-hybridized carbons (Fsp3) is 0.250. The van der Waals surface area contributed by atoms with Gasteiger partial charge in [0, 0.05) is 25.5 Å². The van der Waals surface area contributed by atoms with E-state index in [1.54, 1.807) is 6.07 Å². The maximum atomic E-state index is 11.3. The van der Waals surface area contributed by atoms with Crippen LogP contribution in [0.5, 0.6) is 0 Å². The molecule has 0 bridgehead atoms. The Balaban J connectivity index is 2.66. The van der Waals surface area contributed by atoms with Gasteiger partial charge in [0.05, 0.1) is 11.3 Å². The SMILES string of the molecule is NCCNC(=O)c1cncc(N)c1. The molecule has 5 N–H and O–H groups in total. The summed E-state index contributed by atoms with van der Waals surface area (Å²) in [5, 5.41) is 2.62. The molecule has 0 aliphatic carbocycles. The van der Waals surface area contributed by atoms with Crippen LogP contribution in [-0.4, -0.2) is 24.0 Å². The number of pyridine rings is 1. The number of nitrogens with two attached hydrogens (primary N) is 2. The second-order valence-corrected chi connectivity index (χ2v) is 2.55. The first-order chi connectivity index (χ1) is 6.24. The molecular weight excluding hydrogens is 168 g/mol. The van der Waals surface area contributed by atoms with Gasteiger partial charge in [0.1, 0.15) is 0 Å². The van der Waals surface area contributed by atoms with Gasteiger partial charge in [0.15, 0.2) is 0 Å². The summed E-state index contributed by atoms with van der Waals surface area (Å²) in [6.07, 6.45) is 2.95. The maximum absolute atomic E-state index is 11.3. The third kappa shape index (κ3) is 2.72. The van der Waals surface area contributed by atoms with Crippen LogP contribution >= 0.6 is 0 Å². The Morgan fingerprint density at radius 3 is 2.92 bits per heavy atom. The topological polar surface area (TPSA) is 94.0 Å². The monoisotopic (exact) mass is 180 g/mol. The van der Waals surface area contributed by atoms with Crippen molar-refractivity contribution in [3.8, 4) is 0 Å².